The number of epoxide rings is 1. The third-order valence-corrected chi connectivity index (χ3v) is 7.01. The number of ether oxygens (including phenoxy) is 1. The van der Waals surface area contributed by atoms with Gasteiger partial charge in [-0.2, -0.15) is 10.2 Å². The molecular formula is C14H18N2O. The Labute approximate surface area is 101 Å². The van der Waals surface area contributed by atoms with Gasteiger partial charge in [-0.3, -0.25) is 0 Å². The topological polar surface area (TPSA) is 37.2 Å². The lowest BCUT2D eigenvalue weighted by Crippen LogP contribution is -2.55. The van der Waals surface area contributed by atoms with Crippen molar-refractivity contribution in [3.05, 3.63) is 0 Å². The van der Waals surface area contributed by atoms with E-state index >= 15 is 0 Å². The molecule has 7 rings (SSSR count). The van der Waals surface area contributed by atoms with Crippen LogP contribution in [0.5, 0.6) is 0 Å². The van der Waals surface area contributed by atoms with E-state index < -0.39 is 0 Å². The minimum atomic E-state index is 0.595. The van der Waals surface area contributed by atoms with Gasteiger partial charge in [0.05, 0.1) is 24.3 Å². The summed E-state index contributed by atoms with van der Waals surface area (Å²) >= 11 is 0. The molecule has 0 aromatic heterocycles. The van der Waals surface area contributed by atoms with E-state index in [0.717, 1.165) is 35.5 Å². The maximum absolute atomic E-state index is 5.90. The molecule has 0 radical (unpaired) electrons. The van der Waals surface area contributed by atoms with E-state index in [-0.39, 0.29) is 0 Å². The van der Waals surface area contributed by atoms with E-state index in [2.05, 4.69) is 0 Å². The van der Waals surface area contributed by atoms with Crippen LogP contribution in [0.1, 0.15) is 25.7 Å². The van der Waals surface area contributed by atoms with Gasteiger partial charge in [0.15, 0.2) is 0 Å². The maximum atomic E-state index is 5.90. The fraction of sp³-hybridized carbons (Fsp3) is 1.00. The van der Waals surface area contributed by atoms with Crippen molar-refractivity contribution in [1.82, 2.24) is 0 Å². The van der Waals surface area contributed by atoms with Gasteiger partial charge < -0.3 is 4.74 Å². The first-order chi connectivity index (χ1) is 8.43. The number of fused-ring (bicyclic) bond motifs is 5. The first-order valence-corrected chi connectivity index (χ1v) is 7.49. The molecule has 0 N–H and O–H groups in total. The second-order valence-corrected chi connectivity index (χ2v) is 7.25. The minimum absolute atomic E-state index is 0.595. The molecule has 0 aromatic carbocycles. The zero-order valence-corrected chi connectivity index (χ0v) is 9.90. The normalized spacial score (nSPS) is 72.5. The van der Waals surface area contributed by atoms with E-state index in [1.807, 2.05) is 0 Å². The molecule has 7 aliphatic rings. The summed E-state index contributed by atoms with van der Waals surface area (Å²) < 4.78 is 5.90. The van der Waals surface area contributed by atoms with Crippen molar-refractivity contribution in [2.75, 3.05) is 0 Å². The fourth-order valence-electron chi connectivity index (χ4n) is 6.61. The molecule has 3 nitrogen and oxygen atoms in total. The number of hydrogen-bond donors (Lipinski definition) is 0. The maximum Gasteiger partial charge on any atom is 0.0876 e. The molecule has 5 fully saturated rings. The summed E-state index contributed by atoms with van der Waals surface area (Å²) in [6.07, 6.45) is 7.04. The van der Waals surface area contributed by atoms with Crippen molar-refractivity contribution >= 4 is 0 Å². The molecule has 4 aliphatic carbocycles. The highest BCUT2D eigenvalue weighted by Gasteiger charge is 2.73. The van der Waals surface area contributed by atoms with E-state index in [4.69, 9.17) is 15.0 Å². The standard InChI is InChI=1S/C14H18N2O/c1-2-5-6(3-1)12-10-8-4-7(13-14(8)17-13)9(10)11(5)15-16-12/h5-14H,1-4H2/t5-,6+,7+,8-,9+,10-,11-,12+,13+,14-. The molecule has 0 aromatic rings. The van der Waals surface area contributed by atoms with Crippen LogP contribution in [0.4, 0.5) is 0 Å². The first-order valence-electron chi connectivity index (χ1n) is 7.49. The zero-order valence-electron chi connectivity index (χ0n) is 9.90. The second kappa shape index (κ2) is 2.47. The van der Waals surface area contributed by atoms with Crippen LogP contribution in [0.25, 0.3) is 0 Å². The highest BCUT2D eigenvalue weighted by Crippen LogP contribution is 2.69. The van der Waals surface area contributed by atoms with Gasteiger partial charge in [0.25, 0.3) is 0 Å². The van der Waals surface area contributed by atoms with Crippen LogP contribution < -0.4 is 0 Å². The summed E-state index contributed by atoms with van der Waals surface area (Å²) in [5, 5.41) is 9.45. The van der Waals surface area contributed by atoms with Crippen molar-refractivity contribution in [3.8, 4) is 0 Å². The van der Waals surface area contributed by atoms with Crippen LogP contribution in [-0.4, -0.2) is 24.3 Å². The summed E-state index contributed by atoms with van der Waals surface area (Å²) in [6, 6.07) is 1.19. The summed E-state index contributed by atoms with van der Waals surface area (Å²) in [5.41, 5.74) is 0. The Morgan fingerprint density at radius 3 is 1.94 bits per heavy atom. The van der Waals surface area contributed by atoms with Gasteiger partial charge in [-0.15, -0.1) is 0 Å². The Morgan fingerprint density at radius 1 is 0.765 bits per heavy atom. The van der Waals surface area contributed by atoms with Gasteiger partial charge in [-0.1, -0.05) is 6.42 Å². The molecule has 17 heavy (non-hydrogen) atoms. The molecule has 1 saturated heterocycles. The monoisotopic (exact) mass is 230 g/mol. The van der Waals surface area contributed by atoms with E-state index in [9.17, 15) is 0 Å². The summed E-state index contributed by atoms with van der Waals surface area (Å²) in [4.78, 5) is 0. The third-order valence-electron chi connectivity index (χ3n) is 7.01. The fourth-order valence-corrected chi connectivity index (χ4v) is 6.61. The Bertz CT molecular complexity index is 400. The molecular weight excluding hydrogens is 212 g/mol. The number of rotatable bonds is 0. The molecule has 3 aliphatic heterocycles. The predicted molar refractivity (Wildman–Crippen MR) is 60.5 cm³/mol. The lowest BCUT2D eigenvalue weighted by atomic mass is 9.58. The number of hydrogen-bond acceptors (Lipinski definition) is 3. The molecule has 4 saturated carbocycles. The van der Waals surface area contributed by atoms with Gasteiger partial charge in [-0.05, 0) is 54.8 Å². The molecule has 4 bridgehead atoms. The Hall–Kier alpha value is -0.440. The first kappa shape index (κ1) is 8.63. The third kappa shape index (κ3) is 0.780. The Kier molecular flexibility index (Phi) is 1.25. The van der Waals surface area contributed by atoms with Crippen LogP contribution in [-0.2, 0) is 4.74 Å². The van der Waals surface area contributed by atoms with E-state index in [0.29, 0.717) is 24.3 Å². The minimum Gasteiger partial charge on any atom is -0.369 e. The molecule has 0 spiro atoms. The van der Waals surface area contributed by atoms with Crippen LogP contribution >= 0.6 is 0 Å². The van der Waals surface area contributed by atoms with E-state index in [1.54, 1.807) is 0 Å². The number of azo groups is 1. The summed E-state index contributed by atoms with van der Waals surface area (Å²) in [5.74, 6) is 5.26. The highest BCUT2D eigenvalue weighted by atomic mass is 16.6. The van der Waals surface area contributed by atoms with E-state index in [1.165, 1.54) is 25.7 Å². The van der Waals surface area contributed by atoms with Crippen molar-refractivity contribution in [2.24, 2.45) is 45.7 Å². The molecule has 10 atom stereocenters. The van der Waals surface area contributed by atoms with Crippen molar-refractivity contribution < 1.29 is 4.74 Å². The Morgan fingerprint density at radius 2 is 1.35 bits per heavy atom. The van der Waals surface area contributed by atoms with Crippen molar-refractivity contribution in [3.63, 3.8) is 0 Å². The highest BCUT2D eigenvalue weighted by molar-refractivity contribution is 5.23. The van der Waals surface area contributed by atoms with Gasteiger partial charge >= 0.3 is 0 Å². The second-order valence-electron chi connectivity index (χ2n) is 7.25. The average Bonchev–Trinajstić information content (AvgIpc) is 2.81. The summed E-state index contributed by atoms with van der Waals surface area (Å²) in [6.45, 7) is 0. The van der Waals surface area contributed by atoms with Crippen LogP contribution in [0.15, 0.2) is 10.2 Å². The zero-order chi connectivity index (χ0) is 10.7. The molecule has 3 heteroatoms. The predicted octanol–water partition coefficient (Wildman–Crippen LogP) is 2.27. The molecule has 3 heterocycles. The molecule has 0 unspecified atom stereocenters. The van der Waals surface area contributed by atoms with Crippen LogP contribution in [0.2, 0.25) is 0 Å². The largest absolute Gasteiger partial charge is 0.369 e. The number of nitrogens with zero attached hydrogens (tertiary/aromatic N) is 2. The van der Waals surface area contributed by atoms with Gasteiger partial charge in [0.1, 0.15) is 0 Å². The van der Waals surface area contributed by atoms with Crippen molar-refractivity contribution in [2.45, 2.75) is 50.0 Å². The lowest BCUT2D eigenvalue weighted by Gasteiger charge is -2.50. The van der Waals surface area contributed by atoms with Gasteiger partial charge in [-0.25, -0.2) is 0 Å². The van der Waals surface area contributed by atoms with Gasteiger partial charge in [0.2, 0.25) is 0 Å². The molecule has 0 amide bonds. The van der Waals surface area contributed by atoms with Crippen molar-refractivity contribution in [1.29, 1.82) is 0 Å². The molecule has 90 valence electrons. The summed E-state index contributed by atoms with van der Waals surface area (Å²) in [7, 11) is 0. The quantitative estimate of drug-likeness (QED) is 0.588. The Balaban J connectivity index is 1.52. The average molecular weight is 230 g/mol. The van der Waals surface area contributed by atoms with Crippen LogP contribution in [0.3, 0.4) is 0 Å². The lowest BCUT2D eigenvalue weighted by molar-refractivity contribution is 0.0166. The smallest absolute Gasteiger partial charge is 0.0876 e. The SMILES string of the molecule is C1C[C@@H]2[C@H](C1)[C@@H]1N=N[C@H]2[C@H]2[C@@H]3C[C@@H]([C@H]4O[C@@H]34)[C@@H]12. The van der Waals surface area contributed by atoms with Crippen LogP contribution in [0, 0.1) is 35.5 Å². The van der Waals surface area contributed by atoms with Gasteiger partial charge in [0, 0.05) is 0 Å².